The molecule has 1 amide bonds. The SMILES string of the molecule is CCC[C@@H](N)C(=O)NOC. The van der Waals surface area contributed by atoms with Crippen molar-refractivity contribution in [3.8, 4) is 0 Å². The fourth-order valence-electron chi connectivity index (χ4n) is 0.618. The van der Waals surface area contributed by atoms with Crippen molar-refractivity contribution in [2.75, 3.05) is 7.11 Å². The Morgan fingerprint density at radius 1 is 1.80 bits per heavy atom. The lowest BCUT2D eigenvalue weighted by atomic mass is 10.2. The molecule has 0 aromatic heterocycles. The van der Waals surface area contributed by atoms with Gasteiger partial charge in [0.25, 0.3) is 5.91 Å². The van der Waals surface area contributed by atoms with E-state index in [2.05, 4.69) is 10.3 Å². The molecule has 0 aliphatic rings. The Balaban J connectivity index is 3.49. The van der Waals surface area contributed by atoms with E-state index in [1.165, 1.54) is 7.11 Å². The Morgan fingerprint density at radius 3 is 2.80 bits per heavy atom. The highest BCUT2D eigenvalue weighted by atomic mass is 16.6. The van der Waals surface area contributed by atoms with Gasteiger partial charge in [0.15, 0.2) is 0 Å². The number of amides is 1. The molecule has 0 aliphatic heterocycles. The summed E-state index contributed by atoms with van der Waals surface area (Å²) in [4.78, 5) is 15.2. The van der Waals surface area contributed by atoms with E-state index in [4.69, 9.17) is 5.73 Å². The summed E-state index contributed by atoms with van der Waals surface area (Å²) in [5, 5.41) is 0. The summed E-state index contributed by atoms with van der Waals surface area (Å²) in [6, 6.07) is -0.440. The monoisotopic (exact) mass is 146 g/mol. The largest absolute Gasteiger partial charge is 0.320 e. The van der Waals surface area contributed by atoms with Crippen molar-refractivity contribution in [3.05, 3.63) is 0 Å². The van der Waals surface area contributed by atoms with Crippen LogP contribution in [0.4, 0.5) is 0 Å². The van der Waals surface area contributed by atoms with Gasteiger partial charge < -0.3 is 5.73 Å². The lowest BCUT2D eigenvalue weighted by Crippen LogP contribution is -2.39. The summed E-state index contributed by atoms with van der Waals surface area (Å²) in [7, 11) is 1.39. The second-order valence-electron chi connectivity index (χ2n) is 2.07. The minimum Gasteiger partial charge on any atom is -0.320 e. The van der Waals surface area contributed by atoms with E-state index in [1.807, 2.05) is 6.92 Å². The molecule has 60 valence electrons. The van der Waals surface area contributed by atoms with E-state index in [9.17, 15) is 4.79 Å². The van der Waals surface area contributed by atoms with Gasteiger partial charge in [-0.3, -0.25) is 9.63 Å². The molecule has 4 heteroatoms. The topological polar surface area (TPSA) is 64.4 Å². The van der Waals surface area contributed by atoms with Crippen LogP contribution in [0, 0.1) is 0 Å². The zero-order valence-corrected chi connectivity index (χ0v) is 6.39. The van der Waals surface area contributed by atoms with Crippen LogP contribution in [0.1, 0.15) is 19.8 Å². The molecule has 10 heavy (non-hydrogen) atoms. The predicted molar refractivity (Wildman–Crippen MR) is 38.0 cm³/mol. The Hall–Kier alpha value is -0.610. The van der Waals surface area contributed by atoms with Gasteiger partial charge in [-0.2, -0.15) is 0 Å². The molecule has 4 nitrogen and oxygen atoms in total. The van der Waals surface area contributed by atoms with E-state index >= 15 is 0 Å². The Morgan fingerprint density at radius 2 is 2.40 bits per heavy atom. The highest BCUT2D eigenvalue weighted by molar-refractivity contribution is 5.80. The molecular formula is C6H14N2O2. The summed E-state index contributed by atoms with van der Waals surface area (Å²) in [6.07, 6.45) is 1.59. The maximum atomic E-state index is 10.8. The minimum atomic E-state index is -0.440. The standard InChI is InChI=1S/C6H14N2O2/c1-3-4-5(7)6(9)8-10-2/h5H,3-4,7H2,1-2H3,(H,8,9)/t5-/m1/s1. The van der Waals surface area contributed by atoms with Crippen LogP contribution in [-0.4, -0.2) is 19.1 Å². The average molecular weight is 146 g/mol. The maximum Gasteiger partial charge on any atom is 0.260 e. The predicted octanol–water partition coefficient (Wildman–Crippen LogP) is -0.209. The summed E-state index contributed by atoms with van der Waals surface area (Å²) in [5.74, 6) is -0.260. The van der Waals surface area contributed by atoms with Crippen molar-refractivity contribution in [2.24, 2.45) is 5.73 Å². The smallest absolute Gasteiger partial charge is 0.260 e. The first-order valence-electron chi connectivity index (χ1n) is 3.30. The van der Waals surface area contributed by atoms with Crippen LogP contribution in [0.3, 0.4) is 0 Å². The van der Waals surface area contributed by atoms with Gasteiger partial charge in [0.2, 0.25) is 0 Å². The van der Waals surface area contributed by atoms with Crippen LogP contribution in [0.15, 0.2) is 0 Å². The van der Waals surface area contributed by atoms with E-state index < -0.39 is 6.04 Å². The molecular weight excluding hydrogens is 132 g/mol. The summed E-state index contributed by atoms with van der Waals surface area (Å²) in [6.45, 7) is 1.97. The molecule has 1 atom stereocenters. The second-order valence-corrected chi connectivity index (χ2v) is 2.07. The van der Waals surface area contributed by atoms with Gasteiger partial charge in [0, 0.05) is 0 Å². The van der Waals surface area contributed by atoms with Gasteiger partial charge >= 0.3 is 0 Å². The van der Waals surface area contributed by atoms with Crippen LogP contribution < -0.4 is 11.2 Å². The lowest BCUT2D eigenvalue weighted by molar-refractivity contribution is -0.132. The van der Waals surface area contributed by atoms with Crippen molar-refractivity contribution in [2.45, 2.75) is 25.8 Å². The number of carbonyl (C=O) groups is 1. The Labute approximate surface area is 60.7 Å². The van der Waals surface area contributed by atoms with Gasteiger partial charge in [-0.25, -0.2) is 5.48 Å². The van der Waals surface area contributed by atoms with Crippen molar-refractivity contribution in [3.63, 3.8) is 0 Å². The lowest BCUT2D eigenvalue weighted by Gasteiger charge is -2.08. The summed E-state index contributed by atoms with van der Waals surface area (Å²) >= 11 is 0. The molecule has 0 spiro atoms. The van der Waals surface area contributed by atoms with Crippen LogP contribution in [0.2, 0.25) is 0 Å². The molecule has 0 saturated carbocycles. The van der Waals surface area contributed by atoms with E-state index in [0.717, 1.165) is 6.42 Å². The molecule has 0 aromatic rings. The van der Waals surface area contributed by atoms with E-state index in [1.54, 1.807) is 0 Å². The highest BCUT2D eigenvalue weighted by Gasteiger charge is 2.10. The first-order valence-corrected chi connectivity index (χ1v) is 3.30. The zero-order valence-electron chi connectivity index (χ0n) is 6.39. The molecule has 0 heterocycles. The van der Waals surface area contributed by atoms with Crippen molar-refractivity contribution >= 4 is 5.91 Å². The number of nitrogens with two attached hydrogens (primary N) is 1. The van der Waals surface area contributed by atoms with Gasteiger partial charge in [0.05, 0.1) is 13.2 Å². The molecule has 0 aromatic carbocycles. The average Bonchev–Trinajstić information content (AvgIpc) is 1.89. The number of hydroxylamine groups is 1. The molecule has 0 saturated heterocycles. The third-order valence-electron chi connectivity index (χ3n) is 1.14. The number of carbonyl (C=O) groups excluding carboxylic acids is 1. The first kappa shape index (κ1) is 9.39. The van der Waals surface area contributed by atoms with Crippen molar-refractivity contribution < 1.29 is 9.63 Å². The minimum absolute atomic E-state index is 0.260. The van der Waals surface area contributed by atoms with Gasteiger partial charge in [-0.15, -0.1) is 0 Å². The summed E-state index contributed by atoms with van der Waals surface area (Å²) < 4.78 is 0. The van der Waals surface area contributed by atoms with E-state index in [-0.39, 0.29) is 5.91 Å². The van der Waals surface area contributed by atoms with Gasteiger partial charge in [-0.05, 0) is 6.42 Å². The third kappa shape index (κ3) is 3.42. The highest BCUT2D eigenvalue weighted by Crippen LogP contribution is 1.91. The normalized spacial score (nSPS) is 12.7. The summed E-state index contributed by atoms with van der Waals surface area (Å²) in [5.41, 5.74) is 7.59. The molecule has 0 unspecified atom stereocenters. The quantitative estimate of drug-likeness (QED) is 0.539. The fourth-order valence-corrected chi connectivity index (χ4v) is 0.618. The van der Waals surface area contributed by atoms with Crippen LogP contribution in [0.25, 0.3) is 0 Å². The van der Waals surface area contributed by atoms with Gasteiger partial charge in [-0.1, -0.05) is 13.3 Å². The van der Waals surface area contributed by atoms with Crippen LogP contribution in [0.5, 0.6) is 0 Å². The fraction of sp³-hybridized carbons (Fsp3) is 0.833. The van der Waals surface area contributed by atoms with E-state index in [0.29, 0.717) is 6.42 Å². The Kier molecular flexibility index (Phi) is 4.88. The maximum absolute atomic E-state index is 10.8. The van der Waals surface area contributed by atoms with Crippen molar-refractivity contribution in [1.29, 1.82) is 0 Å². The molecule has 0 radical (unpaired) electrons. The molecule has 3 N–H and O–H groups in total. The zero-order chi connectivity index (χ0) is 7.98. The second kappa shape index (κ2) is 5.20. The van der Waals surface area contributed by atoms with Crippen LogP contribution >= 0.6 is 0 Å². The van der Waals surface area contributed by atoms with Gasteiger partial charge in [0.1, 0.15) is 0 Å². The number of rotatable bonds is 4. The number of hydrogen-bond donors (Lipinski definition) is 2. The number of hydrogen-bond acceptors (Lipinski definition) is 3. The molecule has 0 fully saturated rings. The molecule has 0 aliphatic carbocycles. The molecule has 0 bridgehead atoms. The number of nitrogens with one attached hydrogen (secondary N) is 1. The molecule has 0 rings (SSSR count). The van der Waals surface area contributed by atoms with Crippen LogP contribution in [-0.2, 0) is 9.63 Å². The van der Waals surface area contributed by atoms with Crippen molar-refractivity contribution in [1.82, 2.24) is 5.48 Å². The Bertz CT molecular complexity index is 106. The third-order valence-corrected chi connectivity index (χ3v) is 1.14. The first-order chi connectivity index (χ1) is 4.72.